The van der Waals surface area contributed by atoms with Gasteiger partial charge in [0.2, 0.25) is 0 Å². The van der Waals surface area contributed by atoms with Crippen molar-refractivity contribution in [1.29, 1.82) is 0 Å². The van der Waals surface area contributed by atoms with E-state index in [4.69, 9.17) is 26.1 Å². The van der Waals surface area contributed by atoms with Crippen LogP contribution in [0.5, 0.6) is 0 Å². The summed E-state index contributed by atoms with van der Waals surface area (Å²) in [5, 5.41) is 1.72. The van der Waals surface area contributed by atoms with Gasteiger partial charge in [0.1, 0.15) is 0 Å². The molecule has 0 radical (unpaired) electrons. The lowest BCUT2D eigenvalue weighted by atomic mass is 9.92. The van der Waals surface area contributed by atoms with Gasteiger partial charge in [-0.25, -0.2) is 4.98 Å². The van der Waals surface area contributed by atoms with Crippen molar-refractivity contribution in [2.75, 3.05) is 13.1 Å². The summed E-state index contributed by atoms with van der Waals surface area (Å²) >= 11 is 6.20. The number of amides is 1. The van der Waals surface area contributed by atoms with Gasteiger partial charge in [0.15, 0.2) is 6.29 Å². The van der Waals surface area contributed by atoms with E-state index >= 15 is 0 Å². The number of carbonyl (C=O) groups is 1. The maximum absolute atomic E-state index is 13.7. The molecule has 2 saturated heterocycles. The molecule has 4 aromatic carbocycles. The zero-order valence-electron chi connectivity index (χ0n) is 25.0. The maximum atomic E-state index is 13.7. The molecular formula is C39H35ClN2O3. The Labute approximate surface area is 269 Å². The lowest BCUT2D eigenvalue weighted by molar-refractivity contribution is -0.253. The molecular weight excluding hydrogens is 580 g/mol. The van der Waals surface area contributed by atoms with E-state index in [9.17, 15) is 4.79 Å². The third kappa shape index (κ3) is 6.71. The molecule has 0 saturated carbocycles. The monoisotopic (exact) mass is 614 g/mol. The topological polar surface area (TPSA) is 51.7 Å². The number of pyridine rings is 1. The average Bonchev–Trinajstić information content (AvgIpc) is 3.11. The molecule has 0 aliphatic carbocycles. The number of aromatic nitrogens is 1. The van der Waals surface area contributed by atoms with Crippen LogP contribution in [-0.4, -0.2) is 28.9 Å². The Bertz CT molecular complexity index is 1830. The molecule has 2 fully saturated rings. The summed E-state index contributed by atoms with van der Waals surface area (Å²) in [6.07, 6.45) is 6.84. The average molecular weight is 615 g/mol. The first kappa shape index (κ1) is 29.4. The van der Waals surface area contributed by atoms with Crippen LogP contribution in [0.1, 0.15) is 82.5 Å². The Kier molecular flexibility index (Phi) is 8.74. The van der Waals surface area contributed by atoms with Gasteiger partial charge in [0.05, 0.1) is 23.4 Å². The molecule has 1 amide bonds. The minimum Gasteiger partial charge on any atom is -0.340 e. The Morgan fingerprint density at radius 1 is 0.756 bits per heavy atom. The molecule has 0 bridgehead atoms. The molecule has 1 aromatic heterocycles. The summed E-state index contributed by atoms with van der Waals surface area (Å²) in [7, 11) is 0. The van der Waals surface area contributed by atoms with Gasteiger partial charge in [-0.1, -0.05) is 96.5 Å². The summed E-state index contributed by atoms with van der Waals surface area (Å²) in [5.41, 5.74) is 6.42. The number of hydrogen-bond acceptors (Lipinski definition) is 4. The van der Waals surface area contributed by atoms with Gasteiger partial charge in [-0.3, -0.25) is 4.79 Å². The summed E-state index contributed by atoms with van der Waals surface area (Å²) in [6.45, 7) is 1.61. The smallest absolute Gasteiger partial charge is 0.254 e. The van der Waals surface area contributed by atoms with Crippen LogP contribution in [0.15, 0.2) is 109 Å². The van der Waals surface area contributed by atoms with Gasteiger partial charge in [-0.2, -0.15) is 0 Å². The number of fused-ring (bicyclic) bond motifs is 1. The minimum absolute atomic E-state index is 0.0879. The Morgan fingerprint density at radius 3 is 2.38 bits per heavy atom. The van der Waals surface area contributed by atoms with Crippen LogP contribution < -0.4 is 0 Å². The first-order chi connectivity index (χ1) is 22.1. The van der Waals surface area contributed by atoms with Gasteiger partial charge in [-0.05, 0) is 72.4 Å². The largest absolute Gasteiger partial charge is 0.340 e. The van der Waals surface area contributed by atoms with E-state index in [1.54, 1.807) is 0 Å². The van der Waals surface area contributed by atoms with Crippen LogP contribution in [-0.2, 0) is 9.47 Å². The Morgan fingerprint density at radius 2 is 1.51 bits per heavy atom. The third-order valence-corrected chi connectivity index (χ3v) is 8.90. The second kappa shape index (κ2) is 13.4. The van der Waals surface area contributed by atoms with Gasteiger partial charge in [0.25, 0.3) is 5.91 Å². The molecule has 226 valence electrons. The normalized spacial score (nSPS) is 20.5. The highest BCUT2D eigenvalue weighted by atomic mass is 35.5. The Balaban J connectivity index is 1.18. The molecule has 6 heteroatoms. The first-order valence-electron chi connectivity index (χ1n) is 15.7. The summed E-state index contributed by atoms with van der Waals surface area (Å²) in [5.74, 6) is 0.0879. The number of likely N-dealkylation sites (tertiary alicyclic amines) is 1. The van der Waals surface area contributed by atoms with Crippen LogP contribution in [0.2, 0.25) is 5.02 Å². The van der Waals surface area contributed by atoms with Crippen molar-refractivity contribution in [3.63, 3.8) is 0 Å². The van der Waals surface area contributed by atoms with Crippen molar-refractivity contribution in [1.82, 2.24) is 9.88 Å². The number of rotatable bonds is 6. The minimum atomic E-state index is -0.569. The quantitative estimate of drug-likeness (QED) is 0.191. The SMILES string of the molecule is O=C(c1ccccc1[C@H]1C[C@@H](c2cccc(/C=C/c3ccc4ccc(Cl)cc4n3)c2)O[C@@H](c2ccccc2)O1)N1CCCCC1. The number of piperidine rings is 1. The Hall–Kier alpha value is -4.29. The van der Waals surface area contributed by atoms with Crippen LogP contribution >= 0.6 is 11.6 Å². The van der Waals surface area contributed by atoms with E-state index in [1.165, 1.54) is 6.42 Å². The van der Waals surface area contributed by atoms with Crippen LogP contribution in [0.4, 0.5) is 0 Å². The van der Waals surface area contributed by atoms with E-state index in [-0.39, 0.29) is 18.1 Å². The molecule has 3 heterocycles. The van der Waals surface area contributed by atoms with E-state index in [1.807, 2.05) is 89.8 Å². The zero-order chi connectivity index (χ0) is 30.6. The van der Waals surface area contributed by atoms with Crippen molar-refractivity contribution in [3.05, 3.63) is 148 Å². The lowest BCUT2D eigenvalue weighted by Gasteiger charge is -2.37. The number of hydrogen-bond donors (Lipinski definition) is 0. The highest BCUT2D eigenvalue weighted by Crippen LogP contribution is 2.45. The predicted octanol–water partition coefficient (Wildman–Crippen LogP) is 9.60. The fourth-order valence-corrected chi connectivity index (χ4v) is 6.47. The first-order valence-corrected chi connectivity index (χ1v) is 16.1. The van der Waals surface area contributed by atoms with Crippen molar-refractivity contribution in [2.45, 2.75) is 44.2 Å². The predicted molar refractivity (Wildman–Crippen MR) is 180 cm³/mol. The van der Waals surface area contributed by atoms with E-state index < -0.39 is 6.29 Å². The molecule has 0 N–H and O–H groups in total. The molecule has 0 spiro atoms. The van der Waals surface area contributed by atoms with Gasteiger partial charge in [-0.15, -0.1) is 0 Å². The molecule has 7 rings (SSSR count). The zero-order valence-corrected chi connectivity index (χ0v) is 25.8. The fourth-order valence-electron chi connectivity index (χ4n) is 6.30. The van der Waals surface area contributed by atoms with Crippen LogP contribution in [0.25, 0.3) is 23.1 Å². The number of nitrogens with zero attached hydrogens (tertiary/aromatic N) is 2. The second-order valence-corrected chi connectivity index (χ2v) is 12.2. The second-order valence-electron chi connectivity index (χ2n) is 11.7. The molecule has 2 aliphatic rings. The highest BCUT2D eigenvalue weighted by Gasteiger charge is 2.35. The molecule has 2 aliphatic heterocycles. The van der Waals surface area contributed by atoms with E-state index in [0.717, 1.165) is 70.3 Å². The third-order valence-electron chi connectivity index (χ3n) is 8.66. The number of halogens is 1. The van der Waals surface area contributed by atoms with Gasteiger partial charge >= 0.3 is 0 Å². The molecule has 3 atom stereocenters. The molecule has 5 aromatic rings. The van der Waals surface area contributed by atoms with Gasteiger partial charge in [0, 0.05) is 41.0 Å². The summed E-state index contributed by atoms with van der Waals surface area (Å²) in [6, 6.07) is 36.2. The summed E-state index contributed by atoms with van der Waals surface area (Å²) < 4.78 is 13.3. The molecule has 0 unspecified atom stereocenters. The van der Waals surface area contributed by atoms with Crippen molar-refractivity contribution in [2.24, 2.45) is 0 Å². The number of benzene rings is 4. The van der Waals surface area contributed by atoms with E-state index in [0.29, 0.717) is 11.4 Å². The number of carbonyl (C=O) groups excluding carboxylic acids is 1. The fraction of sp³-hybridized carbons (Fsp3) is 0.231. The van der Waals surface area contributed by atoms with Crippen LogP contribution in [0.3, 0.4) is 0 Å². The summed E-state index contributed by atoms with van der Waals surface area (Å²) in [4.78, 5) is 20.5. The van der Waals surface area contributed by atoms with Gasteiger partial charge < -0.3 is 14.4 Å². The number of ether oxygens (including phenoxy) is 2. The van der Waals surface area contributed by atoms with Crippen molar-refractivity contribution >= 4 is 40.6 Å². The molecule has 45 heavy (non-hydrogen) atoms. The maximum Gasteiger partial charge on any atom is 0.254 e. The standard InChI is InChI=1S/C39H35ClN2O3/c40-31-19-17-28-18-21-32(41-35(28)25-31)20-16-27-10-9-13-30(24-27)36-26-37(45-39(44-36)29-11-3-1-4-12-29)33-14-5-6-15-34(33)38(43)42-22-7-2-8-23-42/h1,3-6,9-21,24-25,36-37,39H,2,7-8,22-23,26H2/b20-16+/t36-,37+,39+/m0/s1. The highest BCUT2D eigenvalue weighted by molar-refractivity contribution is 6.31. The van der Waals surface area contributed by atoms with Crippen molar-refractivity contribution < 1.29 is 14.3 Å². The van der Waals surface area contributed by atoms with E-state index in [2.05, 4.69) is 36.4 Å². The van der Waals surface area contributed by atoms with Crippen molar-refractivity contribution in [3.8, 4) is 0 Å². The molecule has 5 nitrogen and oxygen atoms in total. The lowest BCUT2D eigenvalue weighted by Crippen LogP contribution is -2.36. The van der Waals surface area contributed by atoms with Crippen LogP contribution in [0, 0.1) is 0 Å².